The normalized spacial score (nSPS) is 13.1. The van der Waals surface area contributed by atoms with Crippen LogP contribution in [0, 0.1) is 6.92 Å². The Bertz CT molecular complexity index is 321. The summed E-state index contributed by atoms with van der Waals surface area (Å²) in [4.78, 5) is 3.98. The number of hydrogen-bond acceptors (Lipinski definition) is 3. The average molecular weight is 230 g/mol. The fraction of sp³-hybridized carbons (Fsp3) is 0.545. The summed E-state index contributed by atoms with van der Waals surface area (Å²) < 4.78 is 28.3. The molecule has 0 aliphatic rings. The fourth-order valence-corrected chi connectivity index (χ4v) is 1.40. The second-order valence-corrected chi connectivity index (χ2v) is 3.59. The predicted octanol–water partition coefficient (Wildman–Crippen LogP) is 2.06. The molecule has 1 unspecified atom stereocenters. The topological polar surface area (TPSA) is 48.1 Å². The van der Waals surface area contributed by atoms with Crippen molar-refractivity contribution in [3.8, 4) is 0 Å². The minimum absolute atomic E-state index is 0.216. The molecule has 0 radical (unpaired) electrons. The Hall–Kier alpha value is -1.07. The first kappa shape index (κ1) is 13.0. The molecule has 1 atom stereocenters. The number of halogens is 2. The van der Waals surface area contributed by atoms with E-state index >= 15 is 0 Å². The van der Waals surface area contributed by atoms with Crippen LogP contribution in [0.4, 0.5) is 8.78 Å². The van der Waals surface area contributed by atoms with Crippen LogP contribution in [0.3, 0.4) is 0 Å². The average Bonchev–Trinajstić information content (AvgIpc) is 2.24. The quantitative estimate of drug-likeness (QED) is 0.761. The molecule has 0 bridgehead atoms. The van der Waals surface area contributed by atoms with Crippen LogP contribution in [-0.4, -0.2) is 24.6 Å². The van der Waals surface area contributed by atoms with Crippen molar-refractivity contribution < 1.29 is 13.5 Å². The van der Waals surface area contributed by atoms with Gasteiger partial charge in [0.25, 0.3) is 6.43 Å². The molecule has 1 heterocycles. The van der Waals surface area contributed by atoms with Gasteiger partial charge in [-0.15, -0.1) is 0 Å². The van der Waals surface area contributed by atoms with Gasteiger partial charge in [-0.25, -0.2) is 8.78 Å². The molecule has 0 saturated carbocycles. The van der Waals surface area contributed by atoms with Gasteiger partial charge in [-0.05, 0) is 30.5 Å². The Balaban J connectivity index is 2.35. The molecule has 0 aromatic carbocycles. The van der Waals surface area contributed by atoms with E-state index in [2.05, 4.69) is 4.98 Å². The number of pyridine rings is 1. The van der Waals surface area contributed by atoms with Crippen molar-refractivity contribution in [2.75, 3.05) is 13.2 Å². The van der Waals surface area contributed by atoms with Gasteiger partial charge in [0.2, 0.25) is 0 Å². The van der Waals surface area contributed by atoms with E-state index in [-0.39, 0.29) is 12.6 Å². The summed E-state index contributed by atoms with van der Waals surface area (Å²) in [5, 5.41) is 0. The second kappa shape index (κ2) is 6.50. The van der Waals surface area contributed by atoms with Crippen LogP contribution in [0.2, 0.25) is 0 Å². The molecule has 2 N–H and O–H groups in total. The lowest BCUT2D eigenvalue weighted by Crippen LogP contribution is -2.16. The molecule has 90 valence electrons. The summed E-state index contributed by atoms with van der Waals surface area (Å²) in [7, 11) is 0. The first-order valence-electron chi connectivity index (χ1n) is 5.13. The first-order chi connectivity index (χ1) is 7.61. The molecule has 3 nitrogen and oxygen atoms in total. The van der Waals surface area contributed by atoms with Crippen LogP contribution in [0.5, 0.6) is 0 Å². The van der Waals surface area contributed by atoms with Crippen molar-refractivity contribution in [3.05, 3.63) is 29.6 Å². The highest BCUT2D eigenvalue weighted by atomic mass is 19.3. The van der Waals surface area contributed by atoms with Gasteiger partial charge in [0.1, 0.15) is 6.61 Å². The van der Waals surface area contributed by atoms with Gasteiger partial charge in [0.05, 0.1) is 0 Å². The summed E-state index contributed by atoms with van der Waals surface area (Å²) >= 11 is 0. The van der Waals surface area contributed by atoms with Gasteiger partial charge < -0.3 is 10.5 Å². The number of aryl methyl sites for hydroxylation is 1. The number of aromatic nitrogens is 1. The highest BCUT2D eigenvalue weighted by Gasteiger charge is 2.09. The van der Waals surface area contributed by atoms with Crippen molar-refractivity contribution in [1.29, 1.82) is 0 Å². The zero-order valence-corrected chi connectivity index (χ0v) is 9.20. The zero-order chi connectivity index (χ0) is 12.0. The Morgan fingerprint density at radius 1 is 1.50 bits per heavy atom. The monoisotopic (exact) mass is 230 g/mol. The highest BCUT2D eigenvalue weighted by Crippen LogP contribution is 2.16. The molecule has 1 rings (SSSR count). The summed E-state index contributed by atoms with van der Waals surface area (Å²) in [6.07, 6.45) is 1.49. The van der Waals surface area contributed by atoms with Crippen molar-refractivity contribution in [3.63, 3.8) is 0 Å². The lowest BCUT2D eigenvalue weighted by molar-refractivity contribution is 0.0152. The van der Waals surface area contributed by atoms with E-state index in [4.69, 9.17) is 10.5 Å². The number of rotatable bonds is 6. The van der Waals surface area contributed by atoms with E-state index in [9.17, 15) is 8.78 Å². The number of alkyl halides is 2. The van der Waals surface area contributed by atoms with Gasteiger partial charge >= 0.3 is 0 Å². The zero-order valence-electron chi connectivity index (χ0n) is 9.20. The summed E-state index contributed by atoms with van der Waals surface area (Å²) in [6.45, 7) is 1.65. The second-order valence-electron chi connectivity index (χ2n) is 3.59. The van der Waals surface area contributed by atoms with E-state index in [0.29, 0.717) is 6.42 Å². The minimum atomic E-state index is -2.42. The van der Waals surface area contributed by atoms with E-state index in [1.54, 1.807) is 12.4 Å². The van der Waals surface area contributed by atoms with Crippen molar-refractivity contribution >= 4 is 0 Å². The summed E-state index contributed by atoms with van der Waals surface area (Å²) in [6, 6.07) is 1.65. The molecule has 0 spiro atoms. The van der Waals surface area contributed by atoms with E-state index < -0.39 is 13.0 Å². The Kier molecular flexibility index (Phi) is 5.28. The maximum Gasteiger partial charge on any atom is 0.261 e. The third kappa shape index (κ3) is 4.20. The number of nitrogens with two attached hydrogens (primary N) is 1. The molecule has 0 fully saturated rings. The van der Waals surface area contributed by atoms with Gasteiger partial charge in [0.15, 0.2) is 0 Å². The molecular weight excluding hydrogens is 214 g/mol. The van der Waals surface area contributed by atoms with Gasteiger partial charge in [-0.1, -0.05) is 0 Å². The maximum absolute atomic E-state index is 11.8. The smallest absolute Gasteiger partial charge is 0.261 e. The maximum atomic E-state index is 11.8. The third-order valence-electron chi connectivity index (χ3n) is 2.30. The summed E-state index contributed by atoms with van der Waals surface area (Å²) in [5.74, 6) is 0. The van der Waals surface area contributed by atoms with Crippen LogP contribution in [0.1, 0.15) is 23.6 Å². The SMILES string of the molecule is Cc1ccncc1C(N)CCOCC(F)F. The predicted molar refractivity (Wildman–Crippen MR) is 57.3 cm³/mol. The lowest BCUT2D eigenvalue weighted by atomic mass is 10.0. The molecular formula is C11H16F2N2O. The van der Waals surface area contributed by atoms with Crippen molar-refractivity contribution in [2.24, 2.45) is 5.73 Å². The molecule has 1 aromatic rings. The molecule has 0 amide bonds. The van der Waals surface area contributed by atoms with Crippen LogP contribution in [-0.2, 0) is 4.74 Å². The Morgan fingerprint density at radius 3 is 2.88 bits per heavy atom. The first-order valence-corrected chi connectivity index (χ1v) is 5.13. The number of hydrogen-bond donors (Lipinski definition) is 1. The van der Waals surface area contributed by atoms with E-state index in [1.807, 2.05) is 13.0 Å². The van der Waals surface area contributed by atoms with Crippen molar-refractivity contribution in [1.82, 2.24) is 4.98 Å². The molecule has 5 heteroatoms. The van der Waals surface area contributed by atoms with E-state index in [1.165, 1.54) is 0 Å². The van der Waals surface area contributed by atoms with Gasteiger partial charge in [0, 0.05) is 25.0 Å². The fourth-order valence-electron chi connectivity index (χ4n) is 1.40. The Morgan fingerprint density at radius 2 is 2.25 bits per heavy atom. The number of ether oxygens (including phenoxy) is 1. The van der Waals surface area contributed by atoms with Crippen LogP contribution in [0.15, 0.2) is 18.5 Å². The minimum Gasteiger partial charge on any atom is -0.375 e. The van der Waals surface area contributed by atoms with Gasteiger partial charge in [-0.2, -0.15) is 0 Å². The molecule has 0 aliphatic heterocycles. The van der Waals surface area contributed by atoms with Gasteiger partial charge in [-0.3, -0.25) is 4.98 Å². The number of nitrogens with zero attached hydrogens (tertiary/aromatic N) is 1. The van der Waals surface area contributed by atoms with Crippen LogP contribution in [0.25, 0.3) is 0 Å². The largest absolute Gasteiger partial charge is 0.375 e. The molecule has 0 aliphatic carbocycles. The standard InChI is InChI=1S/C11H16F2N2O/c1-8-2-4-15-6-9(8)10(14)3-5-16-7-11(12)13/h2,4,6,10-11H,3,5,7,14H2,1H3. The molecule has 0 saturated heterocycles. The highest BCUT2D eigenvalue weighted by molar-refractivity contribution is 5.24. The Labute approximate surface area is 93.6 Å². The molecule has 1 aromatic heterocycles. The van der Waals surface area contributed by atoms with Crippen LogP contribution < -0.4 is 5.73 Å². The third-order valence-corrected chi connectivity index (χ3v) is 2.30. The summed E-state index contributed by atoms with van der Waals surface area (Å²) in [5.41, 5.74) is 7.89. The lowest BCUT2D eigenvalue weighted by Gasteiger charge is -2.13. The van der Waals surface area contributed by atoms with Crippen molar-refractivity contribution in [2.45, 2.75) is 25.8 Å². The molecule has 16 heavy (non-hydrogen) atoms. The van der Waals surface area contributed by atoms with Crippen LogP contribution >= 0.6 is 0 Å². The van der Waals surface area contributed by atoms with E-state index in [0.717, 1.165) is 11.1 Å².